The van der Waals surface area contributed by atoms with E-state index >= 15 is 0 Å². The Morgan fingerprint density at radius 2 is 1.53 bits per heavy atom. The van der Waals surface area contributed by atoms with E-state index in [-0.39, 0.29) is 11.8 Å². The Morgan fingerprint density at radius 3 is 2.21 bits per heavy atom. The smallest absolute Gasteiger partial charge is 0.254 e. The molecule has 0 saturated carbocycles. The fourth-order valence-corrected chi connectivity index (χ4v) is 4.54. The van der Waals surface area contributed by atoms with Crippen molar-refractivity contribution in [2.24, 2.45) is 0 Å². The van der Waals surface area contributed by atoms with Crippen LogP contribution in [0.5, 0.6) is 11.6 Å². The van der Waals surface area contributed by atoms with Crippen molar-refractivity contribution in [2.45, 2.75) is 6.04 Å². The molecule has 0 bridgehead atoms. The highest BCUT2D eigenvalue weighted by atomic mass is 35.5. The number of aromatic nitrogens is 1. The van der Waals surface area contributed by atoms with Gasteiger partial charge in [-0.1, -0.05) is 35.9 Å². The number of benzene rings is 2. The summed E-state index contributed by atoms with van der Waals surface area (Å²) in [6.45, 7) is 4.38. The molecule has 3 aromatic rings. The van der Waals surface area contributed by atoms with Crippen LogP contribution in [0.3, 0.4) is 0 Å². The third-order valence-corrected chi connectivity index (χ3v) is 6.61. The first kappa shape index (κ1) is 22.4. The SMILES string of the molecule is O=C(c1ccccc1)N1CCN(C2CN(C(=O)c3ccc(Oc4ccccn4)c(Cl)c3)C2)CC1. The van der Waals surface area contributed by atoms with Crippen molar-refractivity contribution in [1.82, 2.24) is 19.7 Å². The number of carbonyl (C=O) groups excluding carboxylic acids is 2. The standard InChI is InChI=1S/C26H25ClN4O3/c27-22-16-20(9-10-23(22)34-24-8-4-5-11-28-24)26(33)31-17-21(18-31)29-12-14-30(15-13-29)25(32)19-6-2-1-3-7-19/h1-11,16,21H,12-15,17-18H2. The predicted octanol–water partition coefficient (Wildman–Crippen LogP) is 3.81. The van der Waals surface area contributed by atoms with Gasteiger partial charge in [0.15, 0.2) is 0 Å². The van der Waals surface area contributed by atoms with Crippen molar-refractivity contribution in [3.05, 3.63) is 89.1 Å². The fourth-order valence-electron chi connectivity index (χ4n) is 4.32. The highest BCUT2D eigenvalue weighted by Gasteiger charge is 2.37. The van der Waals surface area contributed by atoms with Crippen LogP contribution in [0.1, 0.15) is 20.7 Å². The lowest BCUT2D eigenvalue weighted by Gasteiger charge is -2.48. The van der Waals surface area contributed by atoms with E-state index in [1.807, 2.05) is 46.2 Å². The summed E-state index contributed by atoms with van der Waals surface area (Å²) in [6.07, 6.45) is 1.64. The van der Waals surface area contributed by atoms with Gasteiger partial charge in [0, 0.05) is 68.7 Å². The van der Waals surface area contributed by atoms with Crippen LogP contribution in [-0.4, -0.2) is 76.8 Å². The van der Waals surface area contributed by atoms with Crippen LogP contribution in [0.15, 0.2) is 72.9 Å². The first-order valence-corrected chi connectivity index (χ1v) is 11.7. The minimum absolute atomic E-state index is 0.0413. The van der Waals surface area contributed by atoms with Gasteiger partial charge < -0.3 is 14.5 Å². The number of rotatable bonds is 5. The lowest BCUT2D eigenvalue weighted by Crippen LogP contribution is -2.64. The number of hydrogen-bond acceptors (Lipinski definition) is 5. The molecule has 7 nitrogen and oxygen atoms in total. The van der Waals surface area contributed by atoms with Crippen LogP contribution in [0.2, 0.25) is 5.02 Å². The van der Waals surface area contributed by atoms with E-state index in [9.17, 15) is 9.59 Å². The number of carbonyl (C=O) groups is 2. The molecule has 0 atom stereocenters. The number of hydrogen-bond donors (Lipinski definition) is 0. The van der Waals surface area contributed by atoms with Crippen molar-refractivity contribution in [1.29, 1.82) is 0 Å². The Morgan fingerprint density at radius 1 is 0.824 bits per heavy atom. The Balaban J connectivity index is 1.12. The molecular weight excluding hydrogens is 452 g/mol. The van der Waals surface area contributed by atoms with E-state index in [1.165, 1.54) is 0 Å². The Kier molecular flexibility index (Phi) is 6.47. The summed E-state index contributed by atoms with van der Waals surface area (Å²) in [7, 11) is 0. The molecule has 174 valence electrons. The zero-order valence-electron chi connectivity index (χ0n) is 18.6. The zero-order valence-corrected chi connectivity index (χ0v) is 19.4. The topological polar surface area (TPSA) is 66.0 Å². The van der Waals surface area contributed by atoms with E-state index in [0.29, 0.717) is 54.4 Å². The Labute approximate surface area is 203 Å². The molecule has 8 heteroatoms. The third-order valence-electron chi connectivity index (χ3n) is 6.32. The van der Waals surface area contributed by atoms with Crippen molar-refractivity contribution in [3.8, 4) is 11.6 Å². The van der Waals surface area contributed by atoms with Gasteiger partial charge in [-0.25, -0.2) is 4.98 Å². The van der Waals surface area contributed by atoms with Crippen LogP contribution in [0.25, 0.3) is 0 Å². The second-order valence-electron chi connectivity index (χ2n) is 8.47. The first-order chi connectivity index (χ1) is 16.6. The number of nitrogens with zero attached hydrogens (tertiary/aromatic N) is 4. The quantitative estimate of drug-likeness (QED) is 0.560. The summed E-state index contributed by atoms with van der Waals surface area (Å²) < 4.78 is 5.69. The summed E-state index contributed by atoms with van der Waals surface area (Å²) in [5.74, 6) is 0.944. The molecule has 0 N–H and O–H groups in total. The number of amides is 2. The van der Waals surface area contributed by atoms with Gasteiger partial charge in [0.2, 0.25) is 5.88 Å². The van der Waals surface area contributed by atoms with Crippen molar-refractivity contribution >= 4 is 23.4 Å². The van der Waals surface area contributed by atoms with Crippen LogP contribution in [0.4, 0.5) is 0 Å². The fraction of sp³-hybridized carbons (Fsp3) is 0.269. The molecule has 3 heterocycles. The summed E-state index contributed by atoms with van der Waals surface area (Å²) in [5.41, 5.74) is 1.27. The Hall–Kier alpha value is -3.42. The monoisotopic (exact) mass is 476 g/mol. The van der Waals surface area contributed by atoms with Gasteiger partial charge in [-0.15, -0.1) is 0 Å². The lowest BCUT2D eigenvalue weighted by molar-refractivity contribution is 0.00854. The highest BCUT2D eigenvalue weighted by Crippen LogP contribution is 2.30. The molecule has 0 unspecified atom stereocenters. The maximum absolute atomic E-state index is 12.9. The second-order valence-corrected chi connectivity index (χ2v) is 8.88. The van der Waals surface area contributed by atoms with Gasteiger partial charge in [0.05, 0.1) is 5.02 Å². The number of halogens is 1. The van der Waals surface area contributed by atoms with E-state index in [4.69, 9.17) is 16.3 Å². The molecule has 1 aromatic heterocycles. The molecule has 2 fully saturated rings. The largest absolute Gasteiger partial charge is 0.437 e. The summed E-state index contributed by atoms with van der Waals surface area (Å²) in [5, 5.41) is 0.368. The molecule has 2 aliphatic rings. The van der Waals surface area contributed by atoms with Gasteiger partial charge in [-0.2, -0.15) is 0 Å². The molecule has 0 spiro atoms. The molecule has 2 amide bonds. The van der Waals surface area contributed by atoms with Gasteiger partial charge in [0.25, 0.3) is 11.8 Å². The number of pyridine rings is 1. The zero-order chi connectivity index (χ0) is 23.5. The van der Waals surface area contributed by atoms with Gasteiger partial charge in [-0.3, -0.25) is 14.5 Å². The molecule has 2 aromatic carbocycles. The van der Waals surface area contributed by atoms with Crippen molar-refractivity contribution in [2.75, 3.05) is 39.3 Å². The van der Waals surface area contributed by atoms with Crippen LogP contribution in [-0.2, 0) is 0 Å². The number of likely N-dealkylation sites (tertiary alicyclic amines) is 1. The molecular formula is C26H25ClN4O3. The first-order valence-electron chi connectivity index (χ1n) is 11.3. The molecule has 5 rings (SSSR count). The van der Waals surface area contributed by atoms with Gasteiger partial charge in [-0.05, 0) is 36.4 Å². The summed E-state index contributed by atoms with van der Waals surface area (Å²) >= 11 is 6.36. The second kappa shape index (κ2) is 9.83. The van der Waals surface area contributed by atoms with E-state index in [0.717, 1.165) is 18.7 Å². The minimum Gasteiger partial charge on any atom is -0.437 e. The van der Waals surface area contributed by atoms with Crippen molar-refractivity contribution in [3.63, 3.8) is 0 Å². The van der Waals surface area contributed by atoms with Crippen LogP contribution >= 0.6 is 11.6 Å². The molecule has 2 saturated heterocycles. The lowest BCUT2D eigenvalue weighted by atomic mass is 10.0. The average Bonchev–Trinajstić information content (AvgIpc) is 2.85. The molecule has 2 aliphatic heterocycles. The third kappa shape index (κ3) is 4.76. The maximum atomic E-state index is 12.9. The Bertz CT molecular complexity index is 1160. The minimum atomic E-state index is -0.0413. The normalized spacial score (nSPS) is 16.7. The van der Waals surface area contributed by atoms with Crippen LogP contribution in [0, 0.1) is 0 Å². The van der Waals surface area contributed by atoms with Crippen molar-refractivity contribution < 1.29 is 14.3 Å². The molecule has 0 aliphatic carbocycles. The van der Waals surface area contributed by atoms with E-state index < -0.39 is 0 Å². The van der Waals surface area contributed by atoms with Crippen LogP contribution < -0.4 is 4.74 Å². The highest BCUT2D eigenvalue weighted by molar-refractivity contribution is 6.32. The van der Waals surface area contributed by atoms with Gasteiger partial charge >= 0.3 is 0 Å². The summed E-state index contributed by atoms with van der Waals surface area (Å²) in [4.78, 5) is 35.8. The predicted molar refractivity (Wildman–Crippen MR) is 129 cm³/mol. The average molecular weight is 477 g/mol. The molecule has 34 heavy (non-hydrogen) atoms. The number of ether oxygens (including phenoxy) is 1. The molecule has 0 radical (unpaired) electrons. The summed E-state index contributed by atoms with van der Waals surface area (Å²) in [6, 6.07) is 20.2. The van der Waals surface area contributed by atoms with E-state index in [1.54, 1.807) is 36.5 Å². The van der Waals surface area contributed by atoms with E-state index in [2.05, 4.69) is 9.88 Å². The number of piperazine rings is 1. The maximum Gasteiger partial charge on any atom is 0.254 e. The van der Waals surface area contributed by atoms with Gasteiger partial charge in [0.1, 0.15) is 5.75 Å².